The molecule has 1 unspecified atom stereocenters. The van der Waals surface area contributed by atoms with Crippen molar-refractivity contribution in [3.05, 3.63) is 12.2 Å². The predicted octanol–water partition coefficient (Wildman–Crippen LogP) is 5.37. The number of esters is 1. The molecule has 0 bridgehead atoms. The minimum Gasteiger partial charge on any atom is -0.466 e. The number of aliphatic hydroxyl groups excluding tert-OH is 1. The van der Waals surface area contributed by atoms with Crippen molar-refractivity contribution in [1.29, 1.82) is 0 Å². The number of hydrogen-bond acceptors (Lipinski definition) is 4. The van der Waals surface area contributed by atoms with Crippen LogP contribution in [0, 0.1) is 11.3 Å². The minimum absolute atomic E-state index is 0.130. The van der Waals surface area contributed by atoms with Crippen molar-refractivity contribution < 1.29 is 19.4 Å². The van der Waals surface area contributed by atoms with Gasteiger partial charge in [-0.2, -0.15) is 0 Å². The Morgan fingerprint density at radius 3 is 2.67 bits per heavy atom. The second-order valence-electron chi connectivity index (χ2n) is 8.15. The zero-order chi connectivity index (χ0) is 20.1. The van der Waals surface area contributed by atoms with E-state index in [1.54, 1.807) is 0 Å². The highest BCUT2D eigenvalue weighted by molar-refractivity contribution is 5.87. The quantitative estimate of drug-likeness (QED) is 0.250. The Morgan fingerprint density at radius 2 is 1.96 bits per heavy atom. The summed E-state index contributed by atoms with van der Waals surface area (Å²) in [6.07, 6.45) is 14.6. The fraction of sp³-hybridized carbons (Fsp3) is 0.826. The van der Waals surface area contributed by atoms with E-state index < -0.39 is 6.10 Å². The summed E-state index contributed by atoms with van der Waals surface area (Å²) in [6.45, 7) is 6.52. The third-order valence-corrected chi connectivity index (χ3v) is 5.94. The van der Waals surface area contributed by atoms with Gasteiger partial charge in [0.15, 0.2) is 0 Å². The third-order valence-electron chi connectivity index (χ3n) is 5.94. The molecule has 0 spiro atoms. The standard InChI is InChI=1S/C23H40O4/c1-4-6-7-9-12-20(24)16-14-19-15-17-21(25)23(19,3)18-11-8-10-13-22(26)27-5-2/h14,16,19-20,24H,4-13,15,17-18H2,1-3H3/t19-,20?,23-/m0/s1. The molecule has 0 heterocycles. The molecule has 1 N–H and O–H groups in total. The Bertz CT molecular complexity index is 471. The SMILES string of the molecule is CCCCCCC(O)C=C[C@H]1CCC(=O)[C@@]1(C)CCCCCC(=O)OCC. The first-order valence-corrected chi connectivity index (χ1v) is 11.0. The molecule has 0 aromatic heterocycles. The molecule has 1 fully saturated rings. The molecule has 0 aromatic carbocycles. The van der Waals surface area contributed by atoms with E-state index in [0.29, 0.717) is 25.2 Å². The molecule has 3 atom stereocenters. The number of hydrogen-bond donors (Lipinski definition) is 1. The molecule has 27 heavy (non-hydrogen) atoms. The zero-order valence-corrected chi connectivity index (χ0v) is 17.7. The lowest BCUT2D eigenvalue weighted by atomic mass is 9.74. The summed E-state index contributed by atoms with van der Waals surface area (Å²) in [6, 6.07) is 0. The number of rotatable bonds is 14. The van der Waals surface area contributed by atoms with Crippen LogP contribution in [0.25, 0.3) is 0 Å². The Morgan fingerprint density at radius 1 is 1.22 bits per heavy atom. The van der Waals surface area contributed by atoms with Crippen molar-refractivity contribution in [2.45, 2.75) is 104 Å². The normalized spacial score (nSPS) is 23.9. The summed E-state index contributed by atoms with van der Waals surface area (Å²) >= 11 is 0. The smallest absolute Gasteiger partial charge is 0.305 e. The van der Waals surface area contributed by atoms with Crippen LogP contribution in [0.15, 0.2) is 12.2 Å². The van der Waals surface area contributed by atoms with Gasteiger partial charge in [0.05, 0.1) is 12.7 Å². The lowest BCUT2D eigenvalue weighted by molar-refractivity contribution is -0.143. The number of unbranched alkanes of at least 4 members (excludes halogenated alkanes) is 5. The topological polar surface area (TPSA) is 63.6 Å². The number of carbonyl (C=O) groups excluding carboxylic acids is 2. The van der Waals surface area contributed by atoms with Gasteiger partial charge in [-0.25, -0.2) is 0 Å². The largest absolute Gasteiger partial charge is 0.466 e. The average molecular weight is 381 g/mol. The summed E-state index contributed by atoms with van der Waals surface area (Å²) < 4.78 is 4.95. The van der Waals surface area contributed by atoms with Gasteiger partial charge in [0.25, 0.3) is 0 Å². The van der Waals surface area contributed by atoms with Crippen molar-refractivity contribution in [3.8, 4) is 0 Å². The van der Waals surface area contributed by atoms with Gasteiger partial charge in [-0.1, -0.05) is 64.5 Å². The van der Waals surface area contributed by atoms with Crippen molar-refractivity contribution in [2.75, 3.05) is 6.61 Å². The lowest BCUT2D eigenvalue weighted by Crippen LogP contribution is -2.28. The second kappa shape index (κ2) is 13.1. The Labute approximate surface area is 165 Å². The first-order valence-electron chi connectivity index (χ1n) is 11.0. The van der Waals surface area contributed by atoms with Gasteiger partial charge in [-0.15, -0.1) is 0 Å². The second-order valence-corrected chi connectivity index (χ2v) is 8.15. The summed E-state index contributed by atoms with van der Waals surface area (Å²) in [5.74, 6) is 0.440. The molecule has 0 aliphatic heterocycles. The average Bonchev–Trinajstić information content (AvgIpc) is 2.91. The van der Waals surface area contributed by atoms with E-state index in [-0.39, 0.29) is 17.3 Å². The van der Waals surface area contributed by atoms with Crippen LogP contribution in [0.2, 0.25) is 0 Å². The highest BCUT2D eigenvalue weighted by Crippen LogP contribution is 2.45. The van der Waals surface area contributed by atoms with E-state index in [9.17, 15) is 14.7 Å². The zero-order valence-electron chi connectivity index (χ0n) is 17.7. The van der Waals surface area contributed by atoms with E-state index in [1.165, 1.54) is 19.3 Å². The fourth-order valence-electron chi connectivity index (χ4n) is 4.04. The Kier molecular flexibility index (Phi) is 11.6. The predicted molar refractivity (Wildman–Crippen MR) is 109 cm³/mol. The number of ketones is 1. The van der Waals surface area contributed by atoms with E-state index in [4.69, 9.17) is 4.74 Å². The first-order chi connectivity index (χ1) is 12.9. The van der Waals surface area contributed by atoms with Crippen LogP contribution < -0.4 is 0 Å². The van der Waals surface area contributed by atoms with Gasteiger partial charge in [-0.05, 0) is 38.5 Å². The Hall–Kier alpha value is -1.16. The number of ether oxygens (including phenoxy) is 1. The van der Waals surface area contributed by atoms with Crippen molar-refractivity contribution in [1.82, 2.24) is 0 Å². The molecule has 0 aromatic rings. The molecular weight excluding hydrogens is 340 g/mol. The molecule has 0 amide bonds. The van der Waals surface area contributed by atoms with Crippen LogP contribution in [0.3, 0.4) is 0 Å². The molecule has 1 aliphatic carbocycles. The Balaban J connectivity index is 2.40. The summed E-state index contributed by atoms with van der Waals surface area (Å²) in [5.41, 5.74) is -0.317. The van der Waals surface area contributed by atoms with Crippen molar-refractivity contribution in [2.24, 2.45) is 11.3 Å². The van der Waals surface area contributed by atoms with Crippen LogP contribution in [0.5, 0.6) is 0 Å². The summed E-state index contributed by atoms with van der Waals surface area (Å²) in [4.78, 5) is 23.9. The van der Waals surface area contributed by atoms with Crippen LogP contribution in [-0.4, -0.2) is 29.6 Å². The molecular formula is C23H40O4. The number of carbonyl (C=O) groups is 2. The van der Waals surface area contributed by atoms with E-state index in [2.05, 4.69) is 19.9 Å². The highest BCUT2D eigenvalue weighted by atomic mass is 16.5. The molecule has 4 heteroatoms. The summed E-state index contributed by atoms with van der Waals surface area (Å²) in [7, 11) is 0. The molecule has 1 aliphatic rings. The van der Waals surface area contributed by atoms with Gasteiger partial charge >= 0.3 is 5.97 Å². The maximum Gasteiger partial charge on any atom is 0.305 e. The number of allylic oxidation sites excluding steroid dienone is 1. The maximum absolute atomic E-state index is 12.5. The third kappa shape index (κ3) is 8.59. The lowest BCUT2D eigenvalue weighted by Gasteiger charge is -2.28. The molecule has 0 radical (unpaired) electrons. The molecule has 4 nitrogen and oxygen atoms in total. The first kappa shape index (κ1) is 23.9. The van der Waals surface area contributed by atoms with E-state index in [0.717, 1.165) is 44.9 Å². The molecule has 156 valence electrons. The van der Waals surface area contributed by atoms with Gasteiger partial charge in [-0.3, -0.25) is 9.59 Å². The van der Waals surface area contributed by atoms with E-state index in [1.807, 2.05) is 13.0 Å². The molecule has 1 rings (SSSR count). The summed E-state index contributed by atoms with van der Waals surface area (Å²) in [5, 5.41) is 10.2. The van der Waals surface area contributed by atoms with Crippen LogP contribution in [-0.2, 0) is 14.3 Å². The van der Waals surface area contributed by atoms with Crippen molar-refractivity contribution in [3.63, 3.8) is 0 Å². The van der Waals surface area contributed by atoms with Crippen LogP contribution >= 0.6 is 0 Å². The van der Waals surface area contributed by atoms with Gasteiger partial charge < -0.3 is 9.84 Å². The highest BCUT2D eigenvalue weighted by Gasteiger charge is 2.43. The van der Waals surface area contributed by atoms with Crippen LogP contribution in [0.1, 0.15) is 97.8 Å². The van der Waals surface area contributed by atoms with Crippen molar-refractivity contribution >= 4 is 11.8 Å². The number of aliphatic hydroxyl groups is 1. The minimum atomic E-state index is -0.397. The van der Waals surface area contributed by atoms with Gasteiger partial charge in [0.1, 0.15) is 5.78 Å². The van der Waals surface area contributed by atoms with Gasteiger partial charge in [0, 0.05) is 18.3 Å². The monoisotopic (exact) mass is 380 g/mol. The number of Topliss-reactive ketones (excluding diaryl/α,β-unsaturated/α-hetero) is 1. The van der Waals surface area contributed by atoms with E-state index >= 15 is 0 Å². The van der Waals surface area contributed by atoms with Gasteiger partial charge in [0.2, 0.25) is 0 Å². The fourth-order valence-corrected chi connectivity index (χ4v) is 4.04. The maximum atomic E-state index is 12.5. The molecule has 0 saturated heterocycles. The molecule has 1 saturated carbocycles. The van der Waals surface area contributed by atoms with Crippen LogP contribution in [0.4, 0.5) is 0 Å².